The Morgan fingerprint density at radius 3 is 2.57 bits per heavy atom. The summed E-state index contributed by atoms with van der Waals surface area (Å²) in [5.41, 5.74) is 6.73. The minimum Gasteiger partial charge on any atom is -0.490 e. The van der Waals surface area contributed by atoms with E-state index >= 15 is 0 Å². The number of pyridine rings is 2. The van der Waals surface area contributed by atoms with Crippen molar-refractivity contribution in [3.8, 4) is 5.75 Å². The fraction of sp³-hybridized carbons (Fsp3) is 0.280. The number of carbonyl (C=O) groups excluding carboxylic acids is 2. The van der Waals surface area contributed by atoms with Crippen molar-refractivity contribution in [1.29, 1.82) is 0 Å². The lowest BCUT2D eigenvalue weighted by atomic mass is 9.93. The Morgan fingerprint density at radius 2 is 1.86 bits per heavy atom. The van der Waals surface area contributed by atoms with E-state index in [0.29, 0.717) is 22.2 Å². The number of amides is 2. The maximum atomic E-state index is 13.3. The average Bonchev–Trinajstić information content (AvgIpc) is 2.87. The zero-order valence-corrected chi connectivity index (χ0v) is 20.7. The molecule has 1 aliphatic carbocycles. The number of carbonyl (C=O) groups is 2. The summed E-state index contributed by atoms with van der Waals surface area (Å²) < 4.78 is 6.26. The maximum absolute atomic E-state index is 13.3. The molecule has 1 aromatic carbocycles. The second-order valence-corrected chi connectivity index (χ2v) is 9.50. The Kier molecular flexibility index (Phi) is 8.22. The molecular weight excluding hydrogens is 486 g/mol. The van der Waals surface area contributed by atoms with Gasteiger partial charge >= 0.3 is 0 Å². The average molecular weight is 512 g/mol. The van der Waals surface area contributed by atoms with E-state index in [4.69, 9.17) is 22.1 Å². The molecule has 0 saturated heterocycles. The smallest absolute Gasteiger partial charge is 0.277 e. The molecule has 1 saturated carbocycles. The third-order valence-corrected chi connectivity index (χ3v) is 6.63. The van der Waals surface area contributed by atoms with Gasteiger partial charge in [-0.1, -0.05) is 11.6 Å². The van der Waals surface area contributed by atoms with Gasteiger partial charge in [0.05, 0.1) is 22.4 Å². The van der Waals surface area contributed by atoms with Gasteiger partial charge in [-0.15, -0.1) is 11.8 Å². The van der Waals surface area contributed by atoms with Gasteiger partial charge in [0.25, 0.3) is 11.8 Å². The number of nitrogens with zero attached hydrogens (tertiary/aromatic N) is 2. The Bertz CT molecular complexity index is 1200. The molecule has 4 rings (SSSR count). The Hall–Kier alpha value is -3.14. The van der Waals surface area contributed by atoms with E-state index in [1.54, 1.807) is 42.1 Å². The predicted octanol–water partition coefficient (Wildman–Crippen LogP) is 5.01. The van der Waals surface area contributed by atoms with Crippen LogP contribution < -0.4 is 21.1 Å². The number of benzene rings is 1. The highest BCUT2D eigenvalue weighted by Crippen LogP contribution is 2.30. The molecule has 0 atom stereocenters. The van der Waals surface area contributed by atoms with Crippen LogP contribution in [0.3, 0.4) is 0 Å². The lowest BCUT2D eigenvalue weighted by Gasteiger charge is -2.27. The van der Waals surface area contributed by atoms with Gasteiger partial charge in [-0.2, -0.15) is 0 Å². The molecule has 10 heteroatoms. The summed E-state index contributed by atoms with van der Waals surface area (Å²) in [5.74, 6) is -0.0803. The molecule has 1 aliphatic rings. The third-order valence-electron chi connectivity index (χ3n) is 5.69. The highest BCUT2D eigenvalue weighted by molar-refractivity contribution is 7.98. The van der Waals surface area contributed by atoms with Gasteiger partial charge in [-0.05, 0) is 74.4 Å². The molecule has 1 fully saturated rings. The van der Waals surface area contributed by atoms with Gasteiger partial charge in [0.15, 0.2) is 5.69 Å². The first-order chi connectivity index (χ1) is 16.9. The first-order valence-electron chi connectivity index (χ1n) is 11.2. The molecule has 3 aromatic rings. The molecule has 8 nitrogen and oxygen atoms in total. The fourth-order valence-corrected chi connectivity index (χ4v) is 4.34. The van der Waals surface area contributed by atoms with Gasteiger partial charge in [0, 0.05) is 23.3 Å². The van der Waals surface area contributed by atoms with Crippen LogP contribution in [-0.4, -0.2) is 40.2 Å². The monoisotopic (exact) mass is 511 g/mol. The number of nitrogens with two attached hydrogens (primary N) is 1. The summed E-state index contributed by atoms with van der Waals surface area (Å²) in [4.78, 5) is 35.4. The number of hydrogen-bond donors (Lipinski definition) is 3. The molecule has 0 spiro atoms. The van der Waals surface area contributed by atoms with Crippen LogP contribution in [0.1, 0.15) is 46.5 Å². The molecule has 182 valence electrons. The first kappa shape index (κ1) is 25.0. The van der Waals surface area contributed by atoms with Crippen LogP contribution in [0.4, 0.5) is 11.5 Å². The Morgan fingerprint density at radius 1 is 1.06 bits per heavy atom. The molecule has 0 radical (unpaired) electrons. The van der Waals surface area contributed by atoms with Crippen LogP contribution in [0, 0.1) is 0 Å². The van der Waals surface area contributed by atoms with Crippen molar-refractivity contribution < 1.29 is 14.3 Å². The van der Waals surface area contributed by atoms with Crippen LogP contribution in [0.2, 0.25) is 5.02 Å². The van der Waals surface area contributed by atoms with E-state index in [1.807, 2.05) is 18.4 Å². The summed E-state index contributed by atoms with van der Waals surface area (Å²) >= 11 is 7.42. The molecular formula is C25H26ClN5O3S. The Balaban J connectivity index is 1.54. The van der Waals surface area contributed by atoms with E-state index in [2.05, 4.69) is 20.6 Å². The second-order valence-electron chi connectivity index (χ2n) is 8.19. The van der Waals surface area contributed by atoms with Crippen molar-refractivity contribution >= 4 is 46.7 Å². The number of thioether (sulfide) groups is 1. The third kappa shape index (κ3) is 6.50. The standard InChI is InChI=1S/C25H26ClN5O3S/c1-35-18-9-10-19(21(13-18)34-17-7-5-16(27)6-8-17)24(32)30-20-3-2-12-28-23(20)25(33)31-22-11-4-15(26)14-29-22/h2-4,9-14,16-17H,5-8,27H2,1H3,(H,30,32)(H,29,31,33). The lowest BCUT2D eigenvalue weighted by Crippen LogP contribution is -2.32. The second kappa shape index (κ2) is 11.5. The zero-order valence-electron chi connectivity index (χ0n) is 19.2. The summed E-state index contributed by atoms with van der Waals surface area (Å²) in [5, 5.41) is 5.93. The Labute approximate surface area is 213 Å². The largest absolute Gasteiger partial charge is 0.490 e. The van der Waals surface area contributed by atoms with E-state index in [1.165, 1.54) is 12.4 Å². The number of aromatic nitrogens is 2. The van der Waals surface area contributed by atoms with Gasteiger partial charge in [0.2, 0.25) is 0 Å². The van der Waals surface area contributed by atoms with Crippen molar-refractivity contribution in [3.63, 3.8) is 0 Å². The van der Waals surface area contributed by atoms with Crippen molar-refractivity contribution in [2.75, 3.05) is 16.9 Å². The molecule has 2 heterocycles. The van der Waals surface area contributed by atoms with E-state index in [-0.39, 0.29) is 23.5 Å². The number of hydrogen-bond acceptors (Lipinski definition) is 7. The molecule has 2 amide bonds. The highest BCUT2D eigenvalue weighted by atomic mass is 35.5. The predicted molar refractivity (Wildman–Crippen MR) is 138 cm³/mol. The topological polar surface area (TPSA) is 119 Å². The maximum Gasteiger partial charge on any atom is 0.277 e. The molecule has 2 aromatic heterocycles. The van der Waals surface area contributed by atoms with Crippen molar-refractivity contribution in [1.82, 2.24) is 9.97 Å². The van der Waals surface area contributed by atoms with E-state index in [9.17, 15) is 9.59 Å². The number of ether oxygens (including phenoxy) is 1. The van der Waals surface area contributed by atoms with Crippen LogP contribution in [0.15, 0.2) is 59.8 Å². The zero-order chi connectivity index (χ0) is 24.8. The van der Waals surface area contributed by atoms with Crippen molar-refractivity contribution in [2.45, 2.75) is 42.7 Å². The van der Waals surface area contributed by atoms with Crippen molar-refractivity contribution in [2.24, 2.45) is 5.73 Å². The van der Waals surface area contributed by atoms with Gasteiger partial charge in [-0.25, -0.2) is 9.97 Å². The lowest BCUT2D eigenvalue weighted by molar-refractivity contribution is 0.101. The van der Waals surface area contributed by atoms with Crippen LogP contribution in [0.25, 0.3) is 0 Å². The van der Waals surface area contributed by atoms with Gasteiger partial charge in [0.1, 0.15) is 11.6 Å². The summed E-state index contributed by atoms with van der Waals surface area (Å²) in [7, 11) is 0. The normalized spacial score (nSPS) is 17.5. The first-order valence-corrected chi connectivity index (χ1v) is 12.8. The van der Waals surface area contributed by atoms with Crippen molar-refractivity contribution in [3.05, 3.63) is 71.1 Å². The molecule has 35 heavy (non-hydrogen) atoms. The number of rotatable bonds is 7. The summed E-state index contributed by atoms with van der Waals surface area (Å²) in [6, 6.07) is 12.1. The molecule has 0 bridgehead atoms. The van der Waals surface area contributed by atoms with Crippen LogP contribution >= 0.6 is 23.4 Å². The molecule has 0 unspecified atom stereocenters. The highest BCUT2D eigenvalue weighted by Gasteiger charge is 2.23. The van der Waals surface area contributed by atoms with Crippen LogP contribution in [0.5, 0.6) is 5.75 Å². The summed E-state index contributed by atoms with van der Waals surface area (Å²) in [6.45, 7) is 0. The SMILES string of the molecule is CSc1ccc(C(=O)Nc2cccnc2C(=O)Nc2ccc(Cl)cn2)c(OC2CCC(N)CC2)c1. The number of nitrogens with one attached hydrogen (secondary N) is 2. The minimum absolute atomic E-state index is 0.00469. The quantitative estimate of drug-likeness (QED) is 0.381. The van der Waals surface area contributed by atoms with Crippen LogP contribution in [-0.2, 0) is 0 Å². The fourth-order valence-electron chi connectivity index (χ4n) is 3.80. The van der Waals surface area contributed by atoms with Gasteiger partial charge < -0.3 is 21.1 Å². The number of halogens is 1. The minimum atomic E-state index is -0.511. The van der Waals surface area contributed by atoms with E-state index < -0.39 is 11.8 Å². The molecule has 4 N–H and O–H groups in total. The number of anilines is 2. The van der Waals surface area contributed by atoms with E-state index in [0.717, 1.165) is 30.6 Å². The van der Waals surface area contributed by atoms with Gasteiger partial charge in [-0.3, -0.25) is 9.59 Å². The molecule has 0 aliphatic heterocycles. The summed E-state index contributed by atoms with van der Waals surface area (Å²) in [6.07, 6.45) is 8.36.